The summed E-state index contributed by atoms with van der Waals surface area (Å²) >= 11 is 1.47. The number of alkyl halides is 2. The number of aromatic nitrogens is 2. The van der Waals surface area contributed by atoms with Crippen molar-refractivity contribution in [2.75, 3.05) is 0 Å². The van der Waals surface area contributed by atoms with E-state index in [4.69, 9.17) is 5.73 Å². The Balaban J connectivity index is 2.28. The summed E-state index contributed by atoms with van der Waals surface area (Å²) in [5.74, 6) is 0. The van der Waals surface area contributed by atoms with Gasteiger partial charge in [-0.3, -0.25) is 4.98 Å². The van der Waals surface area contributed by atoms with E-state index in [9.17, 15) is 8.78 Å². The van der Waals surface area contributed by atoms with Gasteiger partial charge in [-0.05, 0) is 18.6 Å². The van der Waals surface area contributed by atoms with Crippen LogP contribution in [0.5, 0.6) is 0 Å². The van der Waals surface area contributed by atoms with Crippen molar-refractivity contribution in [1.82, 2.24) is 9.97 Å². The number of hydrogen-bond donors (Lipinski definition) is 1. The van der Waals surface area contributed by atoms with E-state index in [2.05, 4.69) is 9.97 Å². The van der Waals surface area contributed by atoms with Gasteiger partial charge in [-0.2, -0.15) is 0 Å². The first-order valence-electron chi connectivity index (χ1n) is 4.99. The van der Waals surface area contributed by atoms with Gasteiger partial charge in [0.05, 0.1) is 27.8 Å². The molecule has 2 rings (SSSR count). The molecule has 2 aromatic rings. The van der Waals surface area contributed by atoms with Crippen LogP contribution >= 0.6 is 11.3 Å². The third kappa shape index (κ3) is 2.48. The van der Waals surface area contributed by atoms with Crippen LogP contribution in [0.2, 0.25) is 0 Å². The maximum absolute atomic E-state index is 12.4. The van der Waals surface area contributed by atoms with Crippen molar-refractivity contribution in [2.45, 2.75) is 19.4 Å². The molecule has 0 unspecified atom stereocenters. The molecule has 0 aliphatic rings. The van der Waals surface area contributed by atoms with Crippen LogP contribution in [0.1, 0.15) is 17.3 Å². The molecule has 2 aromatic heterocycles. The predicted octanol–water partition coefficient (Wildman–Crippen LogP) is 2.78. The maximum atomic E-state index is 12.4. The van der Waals surface area contributed by atoms with Gasteiger partial charge in [0, 0.05) is 6.20 Å². The third-order valence-corrected chi connectivity index (χ3v) is 3.37. The van der Waals surface area contributed by atoms with Gasteiger partial charge in [0.25, 0.3) is 6.43 Å². The lowest BCUT2D eigenvalue weighted by Gasteiger charge is -2.10. The van der Waals surface area contributed by atoms with Gasteiger partial charge >= 0.3 is 0 Å². The lowest BCUT2D eigenvalue weighted by Crippen LogP contribution is -2.18. The number of aryl methyl sites for hydroxylation is 1. The van der Waals surface area contributed by atoms with Crippen molar-refractivity contribution in [3.05, 3.63) is 35.1 Å². The fraction of sp³-hybridized carbons (Fsp3) is 0.273. The van der Waals surface area contributed by atoms with Crippen LogP contribution in [-0.4, -0.2) is 16.4 Å². The highest BCUT2D eigenvalue weighted by molar-refractivity contribution is 7.13. The molecule has 0 amide bonds. The van der Waals surface area contributed by atoms with Crippen molar-refractivity contribution >= 4 is 11.3 Å². The van der Waals surface area contributed by atoms with E-state index in [1.165, 1.54) is 17.5 Å². The second-order valence-corrected chi connectivity index (χ2v) is 4.46. The number of nitrogens with two attached hydrogens (primary N) is 1. The van der Waals surface area contributed by atoms with Gasteiger partial charge in [-0.1, -0.05) is 6.07 Å². The van der Waals surface area contributed by atoms with Crippen LogP contribution in [0.15, 0.2) is 23.8 Å². The summed E-state index contributed by atoms with van der Waals surface area (Å²) in [7, 11) is 0. The lowest BCUT2D eigenvalue weighted by molar-refractivity contribution is 0.116. The van der Waals surface area contributed by atoms with Gasteiger partial charge in [0.2, 0.25) is 0 Å². The van der Waals surface area contributed by atoms with Crippen LogP contribution in [0.3, 0.4) is 0 Å². The van der Waals surface area contributed by atoms with E-state index in [1.807, 2.05) is 6.92 Å². The third-order valence-electron chi connectivity index (χ3n) is 2.42. The smallest absolute Gasteiger partial charge is 0.257 e. The summed E-state index contributed by atoms with van der Waals surface area (Å²) in [6.07, 6.45) is -1.18. The zero-order chi connectivity index (χ0) is 12.4. The van der Waals surface area contributed by atoms with Crippen LogP contribution in [0.4, 0.5) is 8.78 Å². The van der Waals surface area contributed by atoms with Gasteiger partial charge in [0.1, 0.15) is 0 Å². The normalized spacial score (nSPS) is 13.0. The fourth-order valence-corrected chi connectivity index (χ4v) is 2.21. The average molecular weight is 255 g/mol. The summed E-state index contributed by atoms with van der Waals surface area (Å²) in [6, 6.07) is 2.00. The molecule has 0 radical (unpaired) electrons. The molecule has 0 aromatic carbocycles. The molecule has 6 heteroatoms. The van der Waals surface area contributed by atoms with E-state index in [-0.39, 0.29) is 0 Å². The van der Waals surface area contributed by atoms with Gasteiger partial charge in [0.15, 0.2) is 0 Å². The van der Waals surface area contributed by atoms with Gasteiger partial charge < -0.3 is 5.73 Å². The Kier molecular flexibility index (Phi) is 3.44. The largest absolute Gasteiger partial charge is 0.319 e. The Morgan fingerprint density at radius 3 is 2.53 bits per heavy atom. The minimum absolute atomic E-state index is 0.339. The molecule has 1 atom stereocenters. The Labute approximate surface area is 101 Å². The van der Waals surface area contributed by atoms with Crippen molar-refractivity contribution in [1.29, 1.82) is 0 Å². The van der Waals surface area contributed by atoms with E-state index in [1.54, 1.807) is 17.6 Å². The highest BCUT2D eigenvalue weighted by atomic mass is 32.1. The highest BCUT2D eigenvalue weighted by Crippen LogP contribution is 2.26. The first-order chi connectivity index (χ1) is 8.09. The van der Waals surface area contributed by atoms with Crippen molar-refractivity contribution in [3.63, 3.8) is 0 Å². The van der Waals surface area contributed by atoms with Crippen LogP contribution < -0.4 is 5.73 Å². The molecule has 0 spiro atoms. The molecule has 90 valence electrons. The van der Waals surface area contributed by atoms with Gasteiger partial charge in [-0.15, -0.1) is 11.3 Å². The van der Waals surface area contributed by atoms with E-state index < -0.39 is 12.5 Å². The summed E-state index contributed by atoms with van der Waals surface area (Å²) in [5, 5.41) is 0. The summed E-state index contributed by atoms with van der Waals surface area (Å²) in [6.45, 7) is 1.88. The molecular formula is C11H11F2N3S. The fourth-order valence-electron chi connectivity index (χ4n) is 1.43. The zero-order valence-electron chi connectivity index (χ0n) is 9.10. The zero-order valence-corrected chi connectivity index (χ0v) is 9.92. The number of thiazole rings is 1. The number of rotatable bonds is 3. The maximum Gasteiger partial charge on any atom is 0.257 e. The Hall–Kier alpha value is -1.40. The molecule has 0 saturated carbocycles. The predicted molar refractivity (Wildman–Crippen MR) is 63.0 cm³/mol. The Morgan fingerprint density at radius 2 is 2.06 bits per heavy atom. The van der Waals surface area contributed by atoms with Gasteiger partial charge in [-0.25, -0.2) is 13.8 Å². The second kappa shape index (κ2) is 4.85. The van der Waals surface area contributed by atoms with E-state index in [0.29, 0.717) is 5.56 Å². The van der Waals surface area contributed by atoms with E-state index >= 15 is 0 Å². The molecule has 2 N–H and O–H groups in total. The van der Waals surface area contributed by atoms with Crippen molar-refractivity contribution in [3.8, 4) is 10.6 Å². The minimum atomic E-state index is -2.58. The van der Waals surface area contributed by atoms with E-state index in [0.717, 1.165) is 16.3 Å². The Morgan fingerprint density at radius 1 is 1.29 bits per heavy atom. The quantitative estimate of drug-likeness (QED) is 0.917. The molecule has 0 aliphatic carbocycles. The molecule has 0 saturated heterocycles. The number of nitrogens with zero attached hydrogens (tertiary/aromatic N) is 2. The number of hydrogen-bond acceptors (Lipinski definition) is 4. The summed E-state index contributed by atoms with van der Waals surface area (Å²) < 4.78 is 24.8. The topological polar surface area (TPSA) is 51.8 Å². The molecule has 2 heterocycles. The molecule has 17 heavy (non-hydrogen) atoms. The summed E-state index contributed by atoms with van der Waals surface area (Å²) in [5.41, 5.74) is 9.02. The van der Waals surface area contributed by atoms with Crippen LogP contribution in [-0.2, 0) is 0 Å². The van der Waals surface area contributed by atoms with Crippen molar-refractivity contribution < 1.29 is 8.78 Å². The summed E-state index contributed by atoms with van der Waals surface area (Å²) in [4.78, 5) is 9.20. The van der Waals surface area contributed by atoms with Crippen molar-refractivity contribution in [2.24, 2.45) is 5.73 Å². The average Bonchev–Trinajstić information content (AvgIpc) is 2.74. The molecule has 0 aliphatic heterocycles. The first kappa shape index (κ1) is 12.1. The number of pyridine rings is 1. The standard InChI is InChI=1S/C11H11F2N3S/c1-6-10(17-5-16-6)8-3-2-7(4-15-8)9(14)11(12)13/h2-5,9,11H,14H2,1H3/t9-/m1/s1. The molecular weight excluding hydrogens is 244 g/mol. The lowest BCUT2D eigenvalue weighted by atomic mass is 10.1. The first-order valence-corrected chi connectivity index (χ1v) is 5.87. The van der Waals surface area contributed by atoms with Crippen LogP contribution in [0.25, 0.3) is 10.6 Å². The minimum Gasteiger partial charge on any atom is -0.319 e. The second-order valence-electron chi connectivity index (χ2n) is 3.60. The number of halogens is 2. The highest BCUT2D eigenvalue weighted by Gasteiger charge is 2.18. The Bertz CT molecular complexity index is 496. The molecule has 0 bridgehead atoms. The molecule has 3 nitrogen and oxygen atoms in total. The SMILES string of the molecule is Cc1ncsc1-c1ccc([C@@H](N)C(F)F)cn1. The molecule has 0 fully saturated rings. The monoisotopic (exact) mass is 255 g/mol. The van der Waals surface area contributed by atoms with Crippen LogP contribution in [0, 0.1) is 6.92 Å².